The normalized spacial score (nSPS) is 10.3. The second-order valence-electron chi connectivity index (χ2n) is 4.68. The van der Waals surface area contributed by atoms with E-state index in [1.807, 2.05) is 57.2 Å². The molecule has 0 aliphatic rings. The minimum absolute atomic E-state index is 0.132. The van der Waals surface area contributed by atoms with E-state index in [9.17, 15) is 4.79 Å². The Hall–Kier alpha value is -1.80. The Morgan fingerprint density at radius 1 is 1.11 bits per heavy atom. The van der Waals surface area contributed by atoms with Gasteiger partial charge in [-0.15, -0.1) is 0 Å². The highest BCUT2D eigenvalue weighted by molar-refractivity contribution is 6.34. The van der Waals surface area contributed by atoms with Gasteiger partial charge in [0.05, 0.1) is 10.7 Å². The fourth-order valence-electron chi connectivity index (χ4n) is 1.91. The van der Waals surface area contributed by atoms with Crippen LogP contribution < -0.4 is 5.32 Å². The first kappa shape index (κ1) is 13.6. The highest BCUT2D eigenvalue weighted by Gasteiger charge is 2.11. The predicted octanol–water partition coefficient (Wildman–Crippen LogP) is 4.52. The number of halogens is 1. The minimum Gasteiger partial charge on any atom is -0.321 e. The SMILES string of the molecule is Cc1ccc(NC(=O)c2cccc(C)c2C)c(Cl)c1. The van der Waals surface area contributed by atoms with E-state index in [1.54, 1.807) is 0 Å². The number of hydrogen-bond donors (Lipinski definition) is 1. The maximum absolute atomic E-state index is 12.3. The zero-order valence-corrected chi connectivity index (χ0v) is 12.0. The van der Waals surface area contributed by atoms with Crippen LogP contribution in [0.3, 0.4) is 0 Å². The summed E-state index contributed by atoms with van der Waals surface area (Å²) in [4.78, 5) is 12.3. The van der Waals surface area contributed by atoms with Gasteiger partial charge in [0.25, 0.3) is 5.91 Å². The number of amides is 1. The third-order valence-electron chi connectivity index (χ3n) is 3.22. The molecule has 2 aromatic carbocycles. The smallest absolute Gasteiger partial charge is 0.255 e. The molecule has 1 N–H and O–H groups in total. The maximum Gasteiger partial charge on any atom is 0.255 e. The Labute approximate surface area is 118 Å². The Bertz CT molecular complexity index is 635. The van der Waals surface area contributed by atoms with Gasteiger partial charge < -0.3 is 5.32 Å². The Balaban J connectivity index is 2.28. The van der Waals surface area contributed by atoms with E-state index in [1.165, 1.54) is 0 Å². The summed E-state index contributed by atoms with van der Waals surface area (Å²) in [5.41, 5.74) is 4.47. The van der Waals surface area contributed by atoms with Gasteiger partial charge in [0.15, 0.2) is 0 Å². The van der Waals surface area contributed by atoms with Crippen LogP contribution in [0.15, 0.2) is 36.4 Å². The fourth-order valence-corrected chi connectivity index (χ4v) is 2.19. The van der Waals surface area contributed by atoms with Crippen LogP contribution in [-0.2, 0) is 0 Å². The molecule has 0 atom stereocenters. The lowest BCUT2D eigenvalue weighted by molar-refractivity contribution is 0.102. The molecule has 0 heterocycles. The summed E-state index contributed by atoms with van der Waals surface area (Å²) in [6.45, 7) is 5.90. The van der Waals surface area contributed by atoms with Gasteiger partial charge in [0.2, 0.25) is 0 Å². The quantitative estimate of drug-likeness (QED) is 0.856. The molecular formula is C16H16ClNO. The van der Waals surface area contributed by atoms with Crippen LogP contribution in [-0.4, -0.2) is 5.91 Å². The number of carbonyl (C=O) groups is 1. The summed E-state index contributed by atoms with van der Waals surface area (Å²) >= 11 is 6.12. The molecule has 0 saturated heterocycles. The fraction of sp³-hybridized carbons (Fsp3) is 0.188. The van der Waals surface area contributed by atoms with Gasteiger partial charge >= 0.3 is 0 Å². The van der Waals surface area contributed by atoms with Crippen molar-refractivity contribution in [2.75, 3.05) is 5.32 Å². The molecule has 0 bridgehead atoms. The van der Waals surface area contributed by atoms with Gasteiger partial charge in [0, 0.05) is 5.56 Å². The van der Waals surface area contributed by atoms with Gasteiger partial charge in [-0.25, -0.2) is 0 Å². The summed E-state index contributed by atoms with van der Waals surface area (Å²) in [7, 11) is 0. The molecule has 0 aliphatic heterocycles. The van der Waals surface area contributed by atoms with Crippen molar-refractivity contribution >= 4 is 23.2 Å². The first-order valence-corrected chi connectivity index (χ1v) is 6.50. The maximum atomic E-state index is 12.3. The van der Waals surface area contributed by atoms with E-state index < -0.39 is 0 Å². The summed E-state index contributed by atoms with van der Waals surface area (Å²) < 4.78 is 0. The van der Waals surface area contributed by atoms with E-state index in [0.29, 0.717) is 16.3 Å². The van der Waals surface area contributed by atoms with Crippen LogP contribution in [0.4, 0.5) is 5.69 Å². The first-order valence-electron chi connectivity index (χ1n) is 6.13. The summed E-state index contributed by atoms with van der Waals surface area (Å²) in [6.07, 6.45) is 0. The largest absolute Gasteiger partial charge is 0.321 e. The van der Waals surface area contributed by atoms with Crippen molar-refractivity contribution in [1.82, 2.24) is 0 Å². The summed E-state index contributed by atoms with van der Waals surface area (Å²) in [5.74, 6) is -0.132. The van der Waals surface area contributed by atoms with E-state index in [4.69, 9.17) is 11.6 Å². The number of benzene rings is 2. The van der Waals surface area contributed by atoms with Crippen molar-refractivity contribution in [3.05, 3.63) is 63.7 Å². The molecule has 19 heavy (non-hydrogen) atoms. The van der Waals surface area contributed by atoms with Crippen LogP contribution in [0.2, 0.25) is 5.02 Å². The van der Waals surface area contributed by atoms with E-state index in [0.717, 1.165) is 16.7 Å². The Morgan fingerprint density at radius 3 is 2.53 bits per heavy atom. The molecule has 0 aliphatic carbocycles. The molecule has 0 unspecified atom stereocenters. The molecule has 0 aromatic heterocycles. The molecular weight excluding hydrogens is 258 g/mol. The standard InChI is InChI=1S/C16H16ClNO/c1-10-7-8-15(14(17)9-10)18-16(19)13-6-4-5-11(2)12(13)3/h4-9H,1-3H3,(H,18,19). The topological polar surface area (TPSA) is 29.1 Å². The van der Waals surface area contributed by atoms with Crippen molar-refractivity contribution in [2.45, 2.75) is 20.8 Å². The van der Waals surface area contributed by atoms with E-state index in [-0.39, 0.29) is 5.91 Å². The molecule has 2 nitrogen and oxygen atoms in total. The van der Waals surface area contributed by atoms with Gasteiger partial charge in [-0.3, -0.25) is 4.79 Å². The molecule has 1 amide bonds. The molecule has 0 fully saturated rings. The molecule has 0 radical (unpaired) electrons. The average Bonchev–Trinajstić information content (AvgIpc) is 2.36. The van der Waals surface area contributed by atoms with E-state index >= 15 is 0 Å². The van der Waals surface area contributed by atoms with Crippen molar-refractivity contribution < 1.29 is 4.79 Å². The monoisotopic (exact) mass is 273 g/mol. The number of hydrogen-bond acceptors (Lipinski definition) is 1. The van der Waals surface area contributed by atoms with Crippen LogP contribution >= 0.6 is 11.6 Å². The zero-order chi connectivity index (χ0) is 14.0. The minimum atomic E-state index is -0.132. The van der Waals surface area contributed by atoms with Crippen LogP contribution in [0.1, 0.15) is 27.0 Å². The number of carbonyl (C=O) groups excluding carboxylic acids is 1. The Kier molecular flexibility index (Phi) is 3.91. The highest BCUT2D eigenvalue weighted by atomic mass is 35.5. The third kappa shape index (κ3) is 2.96. The van der Waals surface area contributed by atoms with Crippen molar-refractivity contribution in [3.8, 4) is 0 Å². The van der Waals surface area contributed by atoms with Gasteiger partial charge in [-0.1, -0.05) is 29.8 Å². The van der Waals surface area contributed by atoms with Gasteiger partial charge in [-0.2, -0.15) is 0 Å². The molecule has 2 aromatic rings. The first-order chi connectivity index (χ1) is 8.99. The molecule has 0 saturated carbocycles. The summed E-state index contributed by atoms with van der Waals surface area (Å²) in [5, 5.41) is 3.41. The number of rotatable bonds is 2. The van der Waals surface area contributed by atoms with Crippen molar-refractivity contribution in [1.29, 1.82) is 0 Å². The van der Waals surface area contributed by atoms with Crippen LogP contribution in [0.25, 0.3) is 0 Å². The highest BCUT2D eigenvalue weighted by Crippen LogP contribution is 2.24. The van der Waals surface area contributed by atoms with Crippen molar-refractivity contribution in [3.63, 3.8) is 0 Å². The lowest BCUT2D eigenvalue weighted by Gasteiger charge is -2.11. The third-order valence-corrected chi connectivity index (χ3v) is 3.53. The molecule has 0 spiro atoms. The second kappa shape index (κ2) is 5.45. The average molecular weight is 274 g/mol. The van der Waals surface area contributed by atoms with Crippen LogP contribution in [0, 0.1) is 20.8 Å². The van der Waals surface area contributed by atoms with Crippen molar-refractivity contribution in [2.24, 2.45) is 0 Å². The molecule has 98 valence electrons. The van der Waals surface area contributed by atoms with Crippen LogP contribution in [0.5, 0.6) is 0 Å². The second-order valence-corrected chi connectivity index (χ2v) is 5.09. The summed E-state index contributed by atoms with van der Waals surface area (Å²) in [6, 6.07) is 11.3. The lowest BCUT2D eigenvalue weighted by atomic mass is 10.0. The molecule has 3 heteroatoms. The number of nitrogens with one attached hydrogen (secondary N) is 1. The van der Waals surface area contributed by atoms with Gasteiger partial charge in [-0.05, 0) is 55.7 Å². The molecule has 2 rings (SSSR count). The zero-order valence-electron chi connectivity index (χ0n) is 11.3. The number of anilines is 1. The predicted molar refractivity (Wildman–Crippen MR) is 80.1 cm³/mol. The van der Waals surface area contributed by atoms with Gasteiger partial charge in [0.1, 0.15) is 0 Å². The lowest BCUT2D eigenvalue weighted by Crippen LogP contribution is -2.14. The Morgan fingerprint density at radius 2 is 1.84 bits per heavy atom. The van der Waals surface area contributed by atoms with E-state index in [2.05, 4.69) is 5.32 Å². The number of aryl methyl sites for hydroxylation is 2.